The number of hydrogen-bond acceptors (Lipinski definition) is 5. The van der Waals surface area contributed by atoms with Crippen LogP contribution in [0.25, 0.3) is 11.0 Å². The van der Waals surface area contributed by atoms with Crippen LogP contribution in [0.5, 0.6) is 11.5 Å². The number of fused-ring (bicyclic) bond motifs is 1. The number of hydrogen-bond donors (Lipinski definition) is 2. The van der Waals surface area contributed by atoms with Gasteiger partial charge in [0.1, 0.15) is 0 Å². The number of methoxy groups -OCH3 is 1. The van der Waals surface area contributed by atoms with E-state index in [9.17, 15) is 0 Å². The van der Waals surface area contributed by atoms with Crippen LogP contribution in [0.15, 0.2) is 82.9 Å². The Morgan fingerprint density at radius 3 is 2.53 bits per heavy atom. The minimum atomic E-state index is 0.0608. The highest BCUT2D eigenvalue weighted by Gasteiger charge is 2.10. The van der Waals surface area contributed by atoms with Gasteiger partial charge in [-0.25, -0.2) is 9.98 Å². The summed E-state index contributed by atoms with van der Waals surface area (Å²) >= 11 is 0. The minimum absolute atomic E-state index is 0.0608. The summed E-state index contributed by atoms with van der Waals surface area (Å²) in [7, 11) is 1.62. The zero-order valence-corrected chi connectivity index (χ0v) is 18.2. The van der Waals surface area contributed by atoms with E-state index < -0.39 is 0 Å². The van der Waals surface area contributed by atoms with Crippen molar-refractivity contribution in [2.45, 2.75) is 20.0 Å². The average Bonchev–Trinajstić information content (AvgIpc) is 3.24. The summed E-state index contributed by atoms with van der Waals surface area (Å²) in [6, 6.07) is 23.2. The predicted molar refractivity (Wildman–Crippen MR) is 128 cm³/mol. The predicted octanol–water partition coefficient (Wildman–Crippen LogP) is 5.06. The van der Waals surface area contributed by atoms with Crippen LogP contribution in [0.2, 0.25) is 0 Å². The molecule has 0 spiro atoms. The first-order chi connectivity index (χ1) is 15.6. The maximum atomic E-state index is 5.77. The van der Waals surface area contributed by atoms with Crippen molar-refractivity contribution < 1.29 is 9.47 Å². The molecule has 32 heavy (non-hydrogen) atoms. The van der Waals surface area contributed by atoms with Crippen molar-refractivity contribution in [1.29, 1.82) is 0 Å². The first-order valence-electron chi connectivity index (χ1n) is 10.3. The molecule has 0 bridgehead atoms. The molecule has 2 N–H and O–H groups in total. The molecule has 0 unspecified atom stereocenters. The molecule has 4 aromatic rings. The van der Waals surface area contributed by atoms with Crippen LogP contribution in [0.4, 0.5) is 5.69 Å². The van der Waals surface area contributed by atoms with Gasteiger partial charge in [0, 0.05) is 0 Å². The molecule has 7 heteroatoms. The number of benzene rings is 3. The lowest BCUT2D eigenvalue weighted by molar-refractivity contribution is 0.230. The van der Waals surface area contributed by atoms with Crippen molar-refractivity contribution in [3.8, 4) is 11.5 Å². The summed E-state index contributed by atoms with van der Waals surface area (Å²) in [5.74, 6) is 2.46. The summed E-state index contributed by atoms with van der Waals surface area (Å²) in [4.78, 5) is 12.6. The quantitative estimate of drug-likeness (QED) is 0.245. The summed E-state index contributed by atoms with van der Waals surface area (Å²) in [5, 5.41) is 4.39. The number of rotatable bonds is 7. The number of para-hydroxylation sites is 3. The third-order valence-electron chi connectivity index (χ3n) is 4.55. The molecule has 0 atom stereocenters. The molecular formula is C25H25N5O2. The minimum Gasteiger partial charge on any atom is -0.493 e. The fraction of sp³-hybridized carbons (Fsp3) is 0.160. The van der Waals surface area contributed by atoms with E-state index in [1.54, 1.807) is 13.3 Å². The standard InChI is InChI=1S/C25H25N5O2/c1-17(2)32-22-14-13-18(15-23(22)31-3)16-26-30-25(27-19-9-5-4-6-10-19)24-28-20-11-7-8-12-21(20)29-24/h4-17H,1-3H3,(H,27,30)(H,28,29). The van der Waals surface area contributed by atoms with Gasteiger partial charge >= 0.3 is 0 Å². The molecule has 162 valence electrons. The second kappa shape index (κ2) is 9.78. The molecule has 0 aliphatic heterocycles. The Labute approximate surface area is 186 Å². The number of H-pyrrole nitrogens is 1. The molecule has 0 radical (unpaired) electrons. The molecule has 4 rings (SSSR count). The van der Waals surface area contributed by atoms with Gasteiger partial charge < -0.3 is 14.5 Å². The number of ether oxygens (including phenoxy) is 2. The SMILES string of the molecule is COc1cc(C=NNC(=Nc2ccccc2)c2nc3ccccc3[nH]2)ccc1OC(C)C. The average molecular weight is 428 g/mol. The second-order valence-electron chi connectivity index (χ2n) is 7.35. The Morgan fingerprint density at radius 1 is 1.00 bits per heavy atom. The number of imidazole rings is 1. The van der Waals surface area contributed by atoms with E-state index in [1.165, 1.54) is 0 Å². The van der Waals surface area contributed by atoms with Gasteiger partial charge in [0.15, 0.2) is 23.2 Å². The van der Waals surface area contributed by atoms with Gasteiger partial charge in [-0.1, -0.05) is 30.3 Å². The molecule has 0 amide bonds. The van der Waals surface area contributed by atoms with Crippen LogP contribution in [0, 0.1) is 0 Å². The zero-order chi connectivity index (χ0) is 22.3. The molecular weight excluding hydrogens is 402 g/mol. The number of aromatic amines is 1. The van der Waals surface area contributed by atoms with Crippen LogP contribution in [0.1, 0.15) is 25.2 Å². The van der Waals surface area contributed by atoms with Crippen LogP contribution in [0.3, 0.4) is 0 Å². The highest BCUT2D eigenvalue weighted by molar-refractivity contribution is 6.00. The van der Waals surface area contributed by atoms with Crippen molar-refractivity contribution in [2.24, 2.45) is 10.1 Å². The Bertz CT molecular complexity index is 1210. The number of nitrogens with zero attached hydrogens (tertiary/aromatic N) is 3. The third kappa shape index (κ3) is 5.13. The van der Waals surface area contributed by atoms with E-state index in [-0.39, 0.29) is 6.10 Å². The lowest BCUT2D eigenvalue weighted by Crippen LogP contribution is -2.20. The molecule has 0 saturated carbocycles. The largest absolute Gasteiger partial charge is 0.493 e. The van der Waals surface area contributed by atoms with Crippen molar-refractivity contribution in [3.63, 3.8) is 0 Å². The van der Waals surface area contributed by atoms with E-state index in [4.69, 9.17) is 9.47 Å². The lowest BCUT2D eigenvalue weighted by atomic mass is 10.2. The molecule has 1 heterocycles. The Kier molecular flexibility index (Phi) is 6.46. The monoisotopic (exact) mass is 427 g/mol. The smallest absolute Gasteiger partial charge is 0.190 e. The van der Waals surface area contributed by atoms with Crippen molar-refractivity contribution in [1.82, 2.24) is 15.4 Å². The summed E-state index contributed by atoms with van der Waals surface area (Å²) in [5.41, 5.74) is 6.47. The van der Waals surface area contributed by atoms with Crippen LogP contribution in [-0.4, -0.2) is 35.2 Å². The van der Waals surface area contributed by atoms with Crippen LogP contribution in [-0.2, 0) is 0 Å². The van der Waals surface area contributed by atoms with Crippen molar-refractivity contribution >= 4 is 28.8 Å². The van der Waals surface area contributed by atoms with E-state index in [0.29, 0.717) is 23.2 Å². The molecule has 0 saturated heterocycles. The van der Waals surface area contributed by atoms with Gasteiger partial charge in [0.2, 0.25) is 0 Å². The molecule has 0 aliphatic rings. The number of amidine groups is 1. The first-order valence-corrected chi connectivity index (χ1v) is 10.3. The van der Waals surface area contributed by atoms with Gasteiger partial charge in [0.05, 0.1) is 36.1 Å². The third-order valence-corrected chi connectivity index (χ3v) is 4.55. The Hall–Kier alpha value is -4.13. The number of aliphatic imine (C=N–C) groups is 1. The highest BCUT2D eigenvalue weighted by Crippen LogP contribution is 2.28. The highest BCUT2D eigenvalue weighted by atomic mass is 16.5. The van der Waals surface area contributed by atoms with Crippen LogP contribution < -0.4 is 14.9 Å². The lowest BCUT2D eigenvalue weighted by Gasteiger charge is -2.13. The summed E-state index contributed by atoms with van der Waals surface area (Å²) in [6.45, 7) is 3.95. The maximum Gasteiger partial charge on any atom is 0.190 e. The molecule has 0 fully saturated rings. The molecule has 7 nitrogen and oxygen atoms in total. The fourth-order valence-corrected chi connectivity index (χ4v) is 3.11. The number of hydrazone groups is 1. The summed E-state index contributed by atoms with van der Waals surface area (Å²) < 4.78 is 11.2. The fourth-order valence-electron chi connectivity index (χ4n) is 3.11. The molecule has 0 aliphatic carbocycles. The van der Waals surface area contributed by atoms with E-state index >= 15 is 0 Å². The number of nitrogens with one attached hydrogen (secondary N) is 2. The van der Waals surface area contributed by atoms with Gasteiger partial charge in [-0.3, -0.25) is 5.43 Å². The van der Waals surface area contributed by atoms with E-state index in [2.05, 4.69) is 25.5 Å². The van der Waals surface area contributed by atoms with Gasteiger partial charge in [-0.15, -0.1) is 0 Å². The second-order valence-corrected chi connectivity index (χ2v) is 7.35. The van der Waals surface area contributed by atoms with Gasteiger partial charge in [-0.2, -0.15) is 5.10 Å². The van der Waals surface area contributed by atoms with E-state index in [1.807, 2.05) is 86.6 Å². The normalized spacial score (nSPS) is 11.9. The van der Waals surface area contributed by atoms with Gasteiger partial charge in [-0.05, 0) is 61.9 Å². The number of aromatic nitrogens is 2. The molecule has 3 aromatic carbocycles. The van der Waals surface area contributed by atoms with Crippen molar-refractivity contribution in [2.75, 3.05) is 7.11 Å². The maximum absolute atomic E-state index is 5.77. The van der Waals surface area contributed by atoms with Crippen molar-refractivity contribution in [3.05, 3.63) is 84.2 Å². The topological polar surface area (TPSA) is 83.9 Å². The first kappa shape index (κ1) is 21.1. The van der Waals surface area contributed by atoms with E-state index in [0.717, 1.165) is 22.3 Å². The van der Waals surface area contributed by atoms with Crippen LogP contribution >= 0.6 is 0 Å². The Morgan fingerprint density at radius 2 is 1.78 bits per heavy atom. The Balaban J connectivity index is 1.60. The zero-order valence-electron chi connectivity index (χ0n) is 18.2. The summed E-state index contributed by atoms with van der Waals surface area (Å²) in [6.07, 6.45) is 1.76. The molecule has 1 aromatic heterocycles. The van der Waals surface area contributed by atoms with Gasteiger partial charge in [0.25, 0.3) is 0 Å².